The molecule has 0 aromatic heterocycles. The van der Waals surface area contributed by atoms with Crippen LogP contribution in [0.5, 0.6) is 11.5 Å². The zero-order chi connectivity index (χ0) is 21.0. The minimum absolute atomic E-state index is 0.119. The number of carbonyl (C=O) groups is 1. The number of hydrogen-bond donors (Lipinski definition) is 1. The van der Waals surface area contributed by atoms with Crippen molar-refractivity contribution < 1.29 is 23.8 Å². The van der Waals surface area contributed by atoms with Crippen LogP contribution < -0.4 is 9.47 Å². The van der Waals surface area contributed by atoms with E-state index in [1.54, 1.807) is 6.07 Å². The third-order valence-electron chi connectivity index (χ3n) is 5.65. The summed E-state index contributed by atoms with van der Waals surface area (Å²) in [5.41, 5.74) is 6.30. The molecule has 0 spiro atoms. The van der Waals surface area contributed by atoms with E-state index in [0.717, 1.165) is 52.8 Å². The lowest BCUT2D eigenvalue weighted by molar-refractivity contribution is -0.136. The van der Waals surface area contributed by atoms with Gasteiger partial charge in [-0.05, 0) is 91.1 Å². The van der Waals surface area contributed by atoms with E-state index in [1.807, 2.05) is 32.0 Å². The fourth-order valence-electron chi connectivity index (χ4n) is 3.85. The molecule has 5 heteroatoms. The fourth-order valence-corrected chi connectivity index (χ4v) is 3.85. The van der Waals surface area contributed by atoms with Gasteiger partial charge in [0.05, 0.1) is 7.11 Å². The normalized spacial score (nSPS) is 13.7. The molecule has 0 radical (unpaired) electrons. The first-order valence-corrected chi connectivity index (χ1v) is 9.88. The number of carboxylic acid groups (broad SMARTS) is 1. The first-order valence-electron chi connectivity index (χ1n) is 9.88. The van der Waals surface area contributed by atoms with Gasteiger partial charge in [-0.3, -0.25) is 4.79 Å². The molecule has 1 aliphatic carbocycles. The van der Waals surface area contributed by atoms with Crippen LogP contribution in [0, 0.1) is 19.7 Å². The Morgan fingerprint density at radius 3 is 2.66 bits per heavy atom. The molecule has 0 aliphatic heterocycles. The van der Waals surface area contributed by atoms with Gasteiger partial charge in [0.15, 0.2) is 0 Å². The van der Waals surface area contributed by atoms with Gasteiger partial charge in [-0.25, -0.2) is 4.39 Å². The van der Waals surface area contributed by atoms with Crippen LogP contribution in [0.1, 0.15) is 47.9 Å². The summed E-state index contributed by atoms with van der Waals surface area (Å²) >= 11 is 0. The summed E-state index contributed by atoms with van der Waals surface area (Å²) in [5, 5.41) is 8.90. The molecule has 0 saturated heterocycles. The average molecular weight is 398 g/mol. The minimum Gasteiger partial charge on any atom is -0.497 e. The van der Waals surface area contributed by atoms with Crippen molar-refractivity contribution >= 4 is 11.5 Å². The number of methoxy groups -OCH3 is 1. The zero-order valence-corrected chi connectivity index (χ0v) is 17.2. The third kappa shape index (κ3) is 4.97. The highest BCUT2D eigenvalue weighted by Crippen LogP contribution is 2.36. The lowest BCUT2D eigenvalue weighted by Gasteiger charge is -2.16. The number of aryl methyl sites for hydroxylation is 1. The van der Waals surface area contributed by atoms with Gasteiger partial charge in [0.2, 0.25) is 0 Å². The quantitative estimate of drug-likeness (QED) is 0.639. The van der Waals surface area contributed by atoms with E-state index in [9.17, 15) is 9.18 Å². The molecule has 29 heavy (non-hydrogen) atoms. The Labute approximate surface area is 171 Å². The van der Waals surface area contributed by atoms with Gasteiger partial charge in [-0.15, -0.1) is 0 Å². The smallest absolute Gasteiger partial charge is 0.303 e. The van der Waals surface area contributed by atoms with Crippen LogP contribution in [0.15, 0.2) is 35.9 Å². The van der Waals surface area contributed by atoms with Crippen molar-refractivity contribution in [2.45, 2.75) is 46.0 Å². The Morgan fingerprint density at radius 1 is 1.14 bits per heavy atom. The zero-order valence-electron chi connectivity index (χ0n) is 17.2. The molecule has 0 bridgehead atoms. The highest BCUT2D eigenvalue weighted by atomic mass is 19.1. The van der Waals surface area contributed by atoms with Gasteiger partial charge in [0, 0.05) is 12.5 Å². The monoisotopic (exact) mass is 398 g/mol. The van der Waals surface area contributed by atoms with Crippen LogP contribution in [-0.4, -0.2) is 24.8 Å². The summed E-state index contributed by atoms with van der Waals surface area (Å²) in [6, 6.07) is 8.67. The molecule has 0 unspecified atom stereocenters. The number of hydrogen-bond acceptors (Lipinski definition) is 3. The Bertz CT molecular complexity index is 946. The van der Waals surface area contributed by atoms with Crippen LogP contribution in [0.4, 0.5) is 4.39 Å². The van der Waals surface area contributed by atoms with Crippen LogP contribution in [-0.2, 0) is 11.2 Å². The van der Waals surface area contributed by atoms with Crippen molar-refractivity contribution in [3.8, 4) is 11.5 Å². The van der Waals surface area contributed by atoms with E-state index >= 15 is 0 Å². The maximum Gasteiger partial charge on any atom is 0.303 e. The topological polar surface area (TPSA) is 55.8 Å². The molecule has 4 nitrogen and oxygen atoms in total. The maximum atomic E-state index is 13.9. The molecule has 3 rings (SSSR count). The number of ether oxygens (including phenoxy) is 2. The van der Waals surface area contributed by atoms with Crippen LogP contribution in [0.25, 0.3) is 5.57 Å². The molecule has 0 saturated carbocycles. The summed E-state index contributed by atoms with van der Waals surface area (Å²) in [6.07, 6.45) is 3.49. The predicted octanol–water partition coefficient (Wildman–Crippen LogP) is 5.48. The standard InChI is InChI=1S/C24H27FO4/c1-15-16(2)23(9-7-17(15)8-10-24(26)27)29-14-18-5-4-6-22(18)19-11-20(25)13-21(12-19)28-3/h7,9,11-13H,4-6,8,10,14H2,1-3H3,(H,26,27). The lowest BCUT2D eigenvalue weighted by atomic mass is 9.98. The largest absolute Gasteiger partial charge is 0.497 e. The summed E-state index contributed by atoms with van der Waals surface area (Å²) in [5.74, 6) is 0.222. The van der Waals surface area contributed by atoms with Crippen molar-refractivity contribution in [1.29, 1.82) is 0 Å². The van der Waals surface area contributed by atoms with Gasteiger partial charge >= 0.3 is 5.97 Å². The van der Waals surface area contributed by atoms with E-state index in [-0.39, 0.29) is 12.2 Å². The van der Waals surface area contributed by atoms with Crippen LogP contribution in [0.2, 0.25) is 0 Å². The highest BCUT2D eigenvalue weighted by molar-refractivity contribution is 5.72. The van der Waals surface area contributed by atoms with Crippen molar-refractivity contribution in [3.05, 3.63) is 64.0 Å². The van der Waals surface area contributed by atoms with Gasteiger partial charge in [0.25, 0.3) is 0 Å². The number of halogens is 1. The second-order valence-electron chi connectivity index (χ2n) is 7.47. The van der Waals surface area contributed by atoms with Gasteiger partial charge in [-0.2, -0.15) is 0 Å². The molecule has 0 fully saturated rings. The number of allylic oxidation sites excluding steroid dienone is 1. The number of aliphatic carboxylic acids is 1. The molecular weight excluding hydrogens is 371 g/mol. The first kappa shape index (κ1) is 20.9. The molecule has 154 valence electrons. The first-order chi connectivity index (χ1) is 13.9. The SMILES string of the molecule is COc1cc(F)cc(C2=C(COc3ccc(CCC(=O)O)c(C)c3C)CCC2)c1. The Balaban J connectivity index is 1.78. The Morgan fingerprint density at radius 2 is 1.93 bits per heavy atom. The summed E-state index contributed by atoms with van der Waals surface area (Å²) in [6.45, 7) is 4.46. The van der Waals surface area contributed by atoms with Crippen LogP contribution >= 0.6 is 0 Å². The maximum absolute atomic E-state index is 13.9. The number of carboxylic acids is 1. The van der Waals surface area contributed by atoms with E-state index < -0.39 is 5.97 Å². The average Bonchev–Trinajstić information content (AvgIpc) is 3.16. The summed E-state index contributed by atoms with van der Waals surface area (Å²) in [7, 11) is 1.54. The second kappa shape index (κ2) is 9.12. The van der Waals surface area contributed by atoms with Gasteiger partial charge < -0.3 is 14.6 Å². The van der Waals surface area contributed by atoms with E-state index in [0.29, 0.717) is 18.8 Å². The van der Waals surface area contributed by atoms with Crippen molar-refractivity contribution in [2.75, 3.05) is 13.7 Å². The van der Waals surface area contributed by atoms with Crippen LogP contribution in [0.3, 0.4) is 0 Å². The Kier molecular flexibility index (Phi) is 6.57. The van der Waals surface area contributed by atoms with Crippen molar-refractivity contribution in [2.24, 2.45) is 0 Å². The molecule has 1 aliphatic rings. The molecule has 0 atom stereocenters. The molecule has 2 aromatic rings. The summed E-state index contributed by atoms with van der Waals surface area (Å²) in [4.78, 5) is 10.8. The predicted molar refractivity (Wildman–Crippen MR) is 111 cm³/mol. The summed E-state index contributed by atoms with van der Waals surface area (Å²) < 4.78 is 25.2. The molecule has 0 amide bonds. The van der Waals surface area contributed by atoms with E-state index in [1.165, 1.54) is 18.7 Å². The minimum atomic E-state index is -0.794. The van der Waals surface area contributed by atoms with Crippen molar-refractivity contribution in [1.82, 2.24) is 0 Å². The third-order valence-corrected chi connectivity index (χ3v) is 5.65. The number of benzene rings is 2. The van der Waals surface area contributed by atoms with E-state index in [2.05, 4.69) is 0 Å². The second-order valence-corrected chi connectivity index (χ2v) is 7.47. The molecule has 0 heterocycles. The molecular formula is C24H27FO4. The fraction of sp³-hybridized carbons (Fsp3) is 0.375. The lowest BCUT2D eigenvalue weighted by Crippen LogP contribution is -2.05. The highest BCUT2D eigenvalue weighted by Gasteiger charge is 2.19. The van der Waals surface area contributed by atoms with E-state index in [4.69, 9.17) is 14.6 Å². The van der Waals surface area contributed by atoms with Crippen molar-refractivity contribution in [3.63, 3.8) is 0 Å². The Hall–Kier alpha value is -2.82. The molecule has 2 aromatic carbocycles. The van der Waals surface area contributed by atoms with Gasteiger partial charge in [0.1, 0.15) is 23.9 Å². The number of rotatable bonds is 8. The molecule has 1 N–H and O–H groups in total. The van der Waals surface area contributed by atoms with Gasteiger partial charge in [-0.1, -0.05) is 6.07 Å².